The van der Waals surface area contributed by atoms with E-state index >= 15 is 0 Å². The predicted octanol–water partition coefficient (Wildman–Crippen LogP) is 0.433. The maximum absolute atomic E-state index is 9.64. The molecule has 0 aromatic carbocycles. The van der Waals surface area contributed by atoms with Crippen molar-refractivity contribution in [3.05, 3.63) is 0 Å². The Morgan fingerprint density at radius 2 is 1.65 bits per heavy atom. The normalized spacial score (nSPS) is 12.8. The number of rotatable bonds is 16. The van der Waals surface area contributed by atoms with Gasteiger partial charge in [0, 0.05) is 26.8 Å². The maximum atomic E-state index is 9.64. The minimum atomic E-state index is -0.496. The van der Waals surface area contributed by atoms with E-state index in [2.05, 4.69) is 12.2 Å². The summed E-state index contributed by atoms with van der Waals surface area (Å²) in [6, 6.07) is 0. The first-order valence-corrected chi connectivity index (χ1v) is 7.42. The van der Waals surface area contributed by atoms with Crippen molar-refractivity contribution < 1.29 is 24.1 Å². The molecule has 0 amide bonds. The first-order chi connectivity index (χ1) is 9.81. The minimum absolute atomic E-state index is 0.328. The molecule has 0 aliphatic carbocycles. The number of ether oxygens (including phenoxy) is 4. The fraction of sp³-hybridized carbons (Fsp3) is 1.00. The second-order valence-electron chi connectivity index (χ2n) is 4.50. The van der Waals surface area contributed by atoms with Crippen LogP contribution in [-0.4, -0.2) is 77.7 Å². The van der Waals surface area contributed by atoms with E-state index in [0.717, 1.165) is 19.4 Å². The Morgan fingerprint density at radius 3 is 2.40 bits per heavy atom. The van der Waals surface area contributed by atoms with Crippen LogP contribution < -0.4 is 5.32 Å². The van der Waals surface area contributed by atoms with Gasteiger partial charge in [-0.05, 0) is 6.42 Å². The van der Waals surface area contributed by atoms with Gasteiger partial charge in [0.05, 0.1) is 45.7 Å². The van der Waals surface area contributed by atoms with E-state index in [9.17, 15) is 5.11 Å². The van der Waals surface area contributed by atoms with E-state index in [1.165, 1.54) is 0 Å². The first kappa shape index (κ1) is 19.8. The lowest BCUT2D eigenvalue weighted by Gasteiger charge is -2.12. The molecule has 2 N–H and O–H groups in total. The van der Waals surface area contributed by atoms with Gasteiger partial charge in [-0.25, -0.2) is 0 Å². The summed E-state index contributed by atoms with van der Waals surface area (Å²) in [7, 11) is 1.65. The topological polar surface area (TPSA) is 69.2 Å². The highest BCUT2D eigenvalue weighted by Crippen LogP contribution is 1.89. The van der Waals surface area contributed by atoms with Gasteiger partial charge < -0.3 is 29.4 Å². The maximum Gasteiger partial charge on any atom is 0.0897 e. The Bertz CT molecular complexity index is 165. The molecule has 0 radical (unpaired) electrons. The van der Waals surface area contributed by atoms with E-state index in [0.29, 0.717) is 52.7 Å². The molecule has 0 bridgehead atoms. The largest absolute Gasteiger partial charge is 0.389 e. The standard InChI is InChI=1S/C14H31NO5/c1-3-4-6-18-10-11-20-13-14(16)12-15-5-7-19-9-8-17-2/h14-16H,3-13H2,1-2H3. The first-order valence-electron chi connectivity index (χ1n) is 7.42. The summed E-state index contributed by atoms with van der Waals surface area (Å²) >= 11 is 0. The van der Waals surface area contributed by atoms with Gasteiger partial charge in [-0.3, -0.25) is 0 Å². The van der Waals surface area contributed by atoms with Gasteiger partial charge in [-0.2, -0.15) is 0 Å². The van der Waals surface area contributed by atoms with E-state index in [1.807, 2.05) is 0 Å². The molecule has 0 aromatic rings. The molecule has 6 heteroatoms. The van der Waals surface area contributed by atoms with Crippen LogP contribution in [0.3, 0.4) is 0 Å². The van der Waals surface area contributed by atoms with Crippen molar-refractivity contribution in [3.8, 4) is 0 Å². The van der Waals surface area contributed by atoms with Gasteiger partial charge in [0.15, 0.2) is 0 Å². The van der Waals surface area contributed by atoms with Crippen molar-refractivity contribution in [1.29, 1.82) is 0 Å². The number of nitrogens with one attached hydrogen (secondary N) is 1. The molecule has 6 nitrogen and oxygen atoms in total. The molecule has 0 saturated heterocycles. The summed E-state index contributed by atoms with van der Waals surface area (Å²) in [6.07, 6.45) is 1.73. The van der Waals surface area contributed by atoms with E-state index in [-0.39, 0.29) is 0 Å². The van der Waals surface area contributed by atoms with Crippen molar-refractivity contribution in [2.24, 2.45) is 0 Å². The molecule has 0 rings (SSSR count). The molecule has 0 fully saturated rings. The summed E-state index contributed by atoms with van der Waals surface area (Å²) in [5.74, 6) is 0. The fourth-order valence-electron chi connectivity index (χ4n) is 1.40. The zero-order valence-corrected chi connectivity index (χ0v) is 12.9. The average Bonchev–Trinajstić information content (AvgIpc) is 2.45. The van der Waals surface area contributed by atoms with Crippen molar-refractivity contribution >= 4 is 0 Å². The number of hydrogen-bond acceptors (Lipinski definition) is 6. The lowest BCUT2D eigenvalue weighted by Crippen LogP contribution is -2.32. The summed E-state index contributed by atoms with van der Waals surface area (Å²) in [4.78, 5) is 0. The third-order valence-electron chi connectivity index (χ3n) is 2.56. The number of hydrogen-bond donors (Lipinski definition) is 2. The van der Waals surface area contributed by atoms with Crippen LogP contribution in [0.15, 0.2) is 0 Å². The van der Waals surface area contributed by atoms with Crippen molar-refractivity contribution in [2.75, 3.05) is 66.4 Å². The Morgan fingerprint density at radius 1 is 0.950 bits per heavy atom. The van der Waals surface area contributed by atoms with Gasteiger partial charge in [0.25, 0.3) is 0 Å². The lowest BCUT2D eigenvalue weighted by molar-refractivity contribution is 0.00319. The van der Waals surface area contributed by atoms with Crippen LogP contribution in [0.4, 0.5) is 0 Å². The molecule has 0 spiro atoms. The Balaban J connectivity index is 3.11. The van der Waals surface area contributed by atoms with Crippen LogP contribution in [0, 0.1) is 0 Å². The molecular weight excluding hydrogens is 262 g/mol. The Kier molecular flexibility index (Phi) is 16.6. The third kappa shape index (κ3) is 15.8. The Hall–Kier alpha value is -0.240. The third-order valence-corrected chi connectivity index (χ3v) is 2.56. The van der Waals surface area contributed by atoms with E-state index in [4.69, 9.17) is 18.9 Å². The van der Waals surface area contributed by atoms with Crippen molar-refractivity contribution in [2.45, 2.75) is 25.9 Å². The van der Waals surface area contributed by atoms with Gasteiger partial charge >= 0.3 is 0 Å². The van der Waals surface area contributed by atoms with Crippen molar-refractivity contribution in [1.82, 2.24) is 5.32 Å². The highest BCUT2D eigenvalue weighted by molar-refractivity contribution is 4.58. The zero-order valence-electron chi connectivity index (χ0n) is 12.9. The van der Waals surface area contributed by atoms with Crippen LogP contribution in [0.5, 0.6) is 0 Å². The Labute approximate surface area is 122 Å². The summed E-state index contributed by atoms with van der Waals surface area (Å²) in [5.41, 5.74) is 0. The smallest absolute Gasteiger partial charge is 0.0897 e. The monoisotopic (exact) mass is 293 g/mol. The number of aliphatic hydroxyl groups excluding tert-OH is 1. The van der Waals surface area contributed by atoms with Gasteiger partial charge in [0.2, 0.25) is 0 Å². The van der Waals surface area contributed by atoms with Gasteiger partial charge in [0.1, 0.15) is 0 Å². The number of aliphatic hydroxyl groups is 1. The fourth-order valence-corrected chi connectivity index (χ4v) is 1.40. The van der Waals surface area contributed by atoms with Crippen LogP contribution >= 0.6 is 0 Å². The number of unbranched alkanes of at least 4 members (excludes halogenated alkanes) is 1. The number of methoxy groups -OCH3 is 1. The highest BCUT2D eigenvalue weighted by Gasteiger charge is 2.03. The summed E-state index contributed by atoms with van der Waals surface area (Å²) in [6.45, 7) is 7.40. The van der Waals surface area contributed by atoms with E-state index < -0.39 is 6.10 Å². The van der Waals surface area contributed by atoms with E-state index in [1.54, 1.807) is 7.11 Å². The second kappa shape index (κ2) is 16.8. The van der Waals surface area contributed by atoms with Crippen LogP contribution in [0.25, 0.3) is 0 Å². The predicted molar refractivity (Wildman–Crippen MR) is 78.1 cm³/mol. The molecule has 1 atom stereocenters. The van der Waals surface area contributed by atoms with Crippen LogP contribution in [0.2, 0.25) is 0 Å². The summed E-state index contributed by atoms with van der Waals surface area (Å²) in [5, 5.41) is 12.7. The molecule has 0 heterocycles. The van der Waals surface area contributed by atoms with Crippen LogP contribution in [0.1, 0.15) is 19.8 Å². The molecule has 0 aromatic heterocycles. The molecule has 122 valence electrons. The lowest BCUT2D eigenvalue weighted by atomic mass is 10.4. The molecule has 0 aliphatic rings. The quantitative estimate of drug-likeness (QED) is 0.402. The van der Waals surface area contributed by atoms with Crippen molar-refractivity contribution in [3.63, 3.8) is 0 Å². The molecule has 0 saturated carbocycles. The molecule has 20 heavy (non-hydrogen) atoms. The molecule has 1 unspecified atom stereocenters. The summed E-state index contributed by atoms with van der Waals surface area (Å²) < 4.78 is 20.8. The zero-order chi connectivity index (χ0) is 14.9. The molecule has 0 aliphatic heterocycles. The van der Waals surface area contributed by atoms with Crippen LogP contribution in [-0.2, 0) is 18.9 Å². The van der Waals surface area contributed by atoms with Gasteiger partial charge in [-0.1, -0.05) is 13.3 Å². The van der Waals surface area contributed by atoms with Gasteiger partial charge in [-0.15, -0.1) is 0 Å². The minimum Gasteiger partial charge on any atom is -0.389 e. The average molecular weight is 293 g/mol. The highest BCUT2D eigenvalue weighted by atomic mass is 16.5. The molecular formula is C14H31NO5. The SMILES string of the molecule is CCCCOCCOCC(O)CNCCOCCOC. The second-order valence-corrected chi connectivity index (χ2v) is 4.50.